The Bertz CT molecular complexity index is 343. The van der Waals surface area contributed by atoms with Gasteiger partial charge in [0.2, 0.25) is 0 Å². The van der Waals surface area contributed by atoms with Crippen LogP contribution in [0.15, 0.2) is 0 Å². The molecule has 1 saturated heterocycles. The van der Waals surface area contributed by atoms with Crippen molar-refractivity contribution in [1.82, 2.24) is 10.2 Å². The van der Waals surface area contributed by atoms with Crippen LogP contribution in [0.25, 0.3) is 0 Å². The topological polar surface area (TPSA) is 35.5 Å². The molecule has 0 aromatic rings. The van der Waals surface area contributed by atoms with Crippen molar-refractivity contribution < 1.29 is 5.11 Å². The van der Waals surface area contributed by atoms with Crippen LogP contribution >= 0.6 is 0 Å². The van der Waals surface area contributed by atoms with E-state index in [1.807, 2.05) is 0 Å². The molecule has 2 unspecified atom stereocenters. The second-order valence-corrected chi connectivity index (χ2v) is 8.34. The lowest BCUT2D eigenvalue weighted by Crippen LogP contribution is -2.65. The van der Waals surface area contributed by atoms with Crippen molar-refractivity contribution in [1.29, 1.82) is 0 Å². The molecule has 3 heteroatoms. The van der Waals surface area contributed by atoms with Crippen LogP contribution in [0.2, 0.25) is 0 Å². The van der Waals surface area contributed by atoms with Crippen LogP contribution in [0.1, 0.15) is 71.6 Å². The van der Waals surface area contributed by atoms with E-state index in [1.54, 1.807) is 0 Å². The standard InChI is InChI=1S/C18H34N2O/c1-17(2)15(13-16(17)21)19-14-18(9-5-3-6-10-18)20-11-7-4-8-12-20/h15-16,19,21H,3-14H2,1-2H3. The highest BCUT2D eigenvalue weighted by Crippen LogP contribution is 2.41. The Morgan fingerprint density at radius 2 is 1.62 bits per heavy atom. The zero-order valence-corrected chi connectivity index (χ0v) is 14.0. The van der Waals surface area contributed by atoms with Gasteiger partial charge in [0, 0.05) is 23.5 Å². The van der Waals surface area contributed by atoms with Gasteiger partial charge in [0.05, 0.1) is 6.10 Å². The maximum Gasteiger partial charge on any atom is 0.0621 e. The lowest BCUT2D eigenvalue weighted by atomic mass is 9.64. The van der Waals surface area contributed by atoms with Crippen LogP contribution in [-0.2, 0) is 0 Å². The number of aliphatic hydroxyl groups excluding tert-OH is 1. The molecule has 1 aliphatic heterocycles. The van der Waals surface area contributed by atoms with Gasteiger partial charge in [0.15, 0.2) is 0 Å². The monoisotopic (exact) mass is 294 g/mol. The van der Waals surface area contributed by atoms with Crippen molar-refractivity contribution in [2.45, 2.75) is 89.3 Å². The van der Waals surface area contributed by atoms with E-state index in [0.29, 0.717) is 11.6 Å². The van der Waals surface area contributed by atoms with Gasteiger partial charge in [-0.05, 0) is 45.2 Å². The maximum atomic E-state index is 9.95. The zero-order chi connectivity index (χ0) is 14.9. The van der Waals surface area contributed by atoms with E-state index in [9.17, 15) is 5.11 Å². The molecule has 2 N–H and O–H groups in total. The molecule has 0 spiro atoms. The Hall–Kier alpha value is -0.120. The third kappa shape index (κ3) is 3.02. The van der Waals surface area contributed by atoms with E-state index in [2.05, 4.69) is 24.1 Å². The highest BCUT2D eigenvalue weighted by Gasteiger charge is 2.48. The van der Waals surface area contributed by atoms with Crippen molar-refractivity contribution in [2.75, 3.05) is 19.6 Å². The molecule has 0 bridgehead atoms. The Balaban J connectivity index is 1.62. The van der Waals surface area contributed by atoms with Gasteiger partial charge in [-0.2, -0.15) is 0 Å². The van der Waals surface area contributed by atoms with E-state index >= 15 is 0 Å². The summed E-state index contributed by atoms with van der Waals surface area (Å²) in [5.41, 5.74) is 0.465. The first kappa shape index (κ1) is 15.8. The first-order valence-electron chi connectivity index (χ1n) is 9.21. The quantitative estimate of drug-likeness (QED) is 0.837. The minimum absolute atomic E-state index is 0.0533. The molecule has 0 radical (unpaired) electrons. The SMILES string of the molecule is CC1(C)C(O)CC1NCC1(N2CCCCC2)CCCCC1. The molecular weight excluding hydrogens is 260 g/mol. The van der Waals surface area contributed by atoms with Gasteiger partial charge in [0.25, 0.3) is 0 Å². The fourth-order valence-corrected chi connectivity index (χ4v) is 4.75. The first-order valence-corrected chi connectivity index (χ1v) is 9.21. The van der Waals surface area contributed by atoms with Crippen LogP contribution in [-0.4, -0.2) is 47.3 Å². The predicted molar refractivity (Wildman–Crippen MR) is 87.4 cm³/mol. The molecule has 0 amide bonds. The van der Waals surface area contributed by atoms with Crippen LogP contribution in [0, 0.1) is 5.41 Å². The van der Waals surface area contributed by atoms with E-state index in [-0.39, 0.29) is 11.5 Å². The van der Waals surface area contributed by atoms with Crippen molar-refractivity contribution in [3.05, 3.63) is 0 Å². The molecule has 2 saturated carbocycles. The largest absolute Gasteiger partial charge is 0.392 e. The molecule has 21 heavy (non-hydrogen) atoms. The molecule has 2 atom stereocenters. The highest BCUT2D eigenvalue weighted by molar-refractivity contribution is 5.04. The lowest BCUT2D eigenvalue weighted by molar-refractivity contribution is -0.0790. The molecule has 3 rings (SSSR count). The normalized spacial score (nSPS) is 36.1. The molecule has 0 aromatic heterocycles. The Morgan fingerprint density at radius 3 is 2.19 bits per heavy atom. The lowest BCUT2D eigenvalue weighted by Gasteiger charge is -2.53. The molecule has 3 nitrogen and oxygen atoms in total. The molecule has 3 aliphatic rings. The summed E-state index contributed by atoms with van der Waals surface area (Å²) >= 11 is 0. The number of aliphatic hydroxyl groups is 1. The molecule has 122 valence electrons. The molecule has 2 aliphatic carbocycles. The van der Waals surface area contributed by atoms with E-state index in [1.165, 1.54) is 64.5 Å². The van der Waals surface area contributed by atoms with Crippen molar-refractivity contribution in [2.24, 2.45) is 5.41 Å². The number of rotatable bonds is 4. The minimum Gasteiger partial charge on any atom is -0.392 e. The minimum atomic E-state index is -0.118. The molecule has 1 heterocycles. The summed E-state index contributed by atoms with van der Waals surface area (Å²) in [6, 6.07) is 0.496. The van der Waals surface area contributed by atoms with Gasteiger partial charge in [-0.15, -0.1) is 0 Å². The summed E-state index contributed by atoms with van der Waals surface area (Å²) in [5.74, 6) is 0. The number of likely N-dealkylation sites (tertiary alicyclic amines) is 1. The van der Waals surface area contributed by atoms with Gasteiger partial charge in [-0.3, -0.25) is 4.90 Å². The fraction of sp³-hybridized carbons (Fsp3) is 1.00. The molecule has 3 fully saturated rings. The summed E-state index contributed by atoms with van der Waals surface area (Å²) in [4.78, 5) is 2.81. The third-order valence-corrected chi connectivity index (χ3v) is 6.70. The number of piperidine rings is 1. The average molecular weight is 294 g/mol. The second-order valence-electron chi connectivity index (χ2n) is 8.34. The Labute approximate surface area is 130 Å². The fourth-order valence-electron chi connectivity index (χ4n) is 4.75. The summed E-state index contributed by atoms with van der Waals surface area (Å²) < 4.78 is 0. The summed E-state index contributed by atoms with van der Waals surface area (Å²) in [7, 11) is 0. The maximum absolute atomic E-state index is 9.95. The van der Waals surface area contributed by atoms with Gasteiger partial charge in [-0.1, -0.05) is 39.5 Å². The van der Waals surface area contributed by atoms with Gasteiger partial charge < -0.3 is 10.4 Å². The van der Waals surface area contributed by atoms with Crippen molar-refractivity contribution in [3.8, 4) is 0 Å². The zero-order valence-electron chi connectivity index (χ0n) is 14.0. The molecule has 0 aromatic carbocycles. The van der Waals surface area contributed by atoms with Gasteiger partial charge in [0.1, 0.15) is 0 Å². The van der Waals surface area contributed by atoms with Crippen LogP contribution in [0.3, 0.4) is 0 Å². The summed E-state index contributed by atoms with van der Waals surface area (Å²) in [6.45, 7) is 8.14. The average Bonchev–Trinajstić information content (AvgIpc) is 2.53. The third-order valence-electron chi connectivity index (χ3n) is 6.70. The van der Waals surface area contributed by atoms with Crippen LogP contribution in [0.4, 0.5) is 0 Å². The highest BCUT2D eigenvalue weighted by atomic mass is 16.3. The Morgan fingerprint density at radius 1 is 1.00 bits per heavy atom. The van der Waals surface area contributed by atoms with Crippen LogP contribution in [0.5, 0.6) is 0 Å². The van der Waals surface area contributed by atoms with Crippen molar-refractivity contribution in [3.63, 3.8) is 0 Å². The number of nitrogens with one attached hydrogen (secondary N) is 1. The van der Waals surface area contributed by atoms with Gasteiger partial charge in [-0.25, -0.2) is 0 Å². The number of hydrogen-bond acceptors (Lipinski definition) is 3. The van der Waals surface area contributed by atoms with Gasteiger partial charge >= 0.3 is 0 Å². The summed E-state index contributed by atoms with van der Waals surface area (Å²) in [6.07, 6.45) is 12.0. The smallest absolute Gasteiger partial charge is 0.0621 e. The summed E-state index contributed by atoms with van der Waals surface area (Å²) in [5, 5.41) is 13.8. The Kier molecular flexibility index (Phi) is 4.63. The predicted octanol–water partition coefficient (Wildman–Crippen LogP) is 2.92. The van der Waals surface area contributed by atoms with E-state index < -0.39 is 0 Å². The number of nitrogens with zero attached hydrogens (tertiary/aromatic N) is 1. The number of hydrogen-bond donors (Lipinski definition) is 2. The van der Waals surface area contributed by atoms with E-state index in [0.717, 1.165) is 13.0 Å². The van der Waals surface area contributed by atoms with Crippen LogP contribution < -0.4 is 5.32 Å². The first-order chi connectivity index (χ1) is 10.0. The van der Waals surface area contributed by atoms with E-state index in [4.69, 9.17) is 0 Å². The second kappa shape index (κ2) is 6.17. The molecular formula is C18H34N2O. The van der Waals surface area contributed by atoms with Crippen molar-refractivity contribution >= 4 is 0 Å².